The Hall–Kier alpha value is -3.47. The molecule has 1 atom stereocenters. The molecule has 0 saturated carbocycles. The molecule has 1 amide bonds. The molecule has 3 aromatic rings. The summed E-state index contributed by atoms with van der Waals surface area (Å²) < 4.78 is 11.6. The number of carbonyl (C=O) groups is 1. The maximum atomic E-state index is 12.7. The van der Waals surface area contributed by atoms with E-state index in [4.69, 9.17) is 15.2 Å². The van der Waals surface area contributed by atoms with Crippen LogP contribution in [-0.2, 0) is 11.4 Å². The van der Waals surface area contributed by atoms with Crippen molar-refractivity contribution in [3.63, 3.8) is 0 Å². The maximum Gasteiger partial charge on any atom is 0.227 e. The Morgan fingerprint density at radius 2 is 1.87 bits per heavy atom. The molecule has 3 aromatic carbocycles. The van der Waals surface area contributed by atoms with E-state index in [2.05, 4.69) is 19.1 Å². The summed E-state index contributed by atoms with van der Waals surface area (Å²) in [6.07, 6.45) is 0.457. The molecule has 1 saturated heterocycles. The average Bonchev–Trinajstić information content (AvgIpc) is 3.14. The summed E-state index contributed by atoms with van der Waals surface area (Å²) in [5.41, 5.74) is 10.8. The standard InChI is InChI=1S/C25H26N2O3/c1-17-6-3-4-7-19(17)16-30-24-12-18(10-11-23(24)29-2)20-13-25(28)27(15-20)22-9-5-8-21(26)14-22/h3-12,14,20H,13,15-16,26H2,1-2H3/t20-/m0/s1. The van der Waals surface area contributed by atoms with Crippen LogP contribution in [0, 0.1) is 6.92 Å². The minimum absolute atomic E-state index is 0.0886. The number of methoxy groups -OCH3 is 1. The van der Waals surface area contributed by atoms with Gasteiger partial charge in [0.05, 0.1) is 7.11 Å². The third-order valence-electron chi connectivity index (χ3n) is 5.61. The van der Waals surface area contributed by atoms with Crippen molar-refractivity contribution in [2.75, 3.05) is 24.3 Å². The van der Waals surface area contributed by atoms with Gasteiger partial charge in [-0.05, 0) is 53.9 Å². The Morgan fingerprint density at radius 1 is 1.03 bits per heavy atom. The Balaban J connectivity index is 1.54. The molecule has 0 aromatic heterocycles. The van der Waals surface area contributed by atoms with Crippen molar-refractivity contribution in [3.05, 3.63) is 83.4 Å². The number of benzene rings is 3. The van der Waals surface area contributed by atoms with E-state index >= 15 is 0 Å². The molecular weight excluding hydrogens is 376 g/mol. The number of carbonyl (C=O) groups excluding carboxylic acids is 1. The van der Waals surface area contributed by atoms with E-state index in [-0.39, 0.29) is 11.8 Å². The van der Waals surface area contributed by atoms with E-state index in [0.29, 0.717) is 36.8 Å². The fourth-order valence-corrected chi connectivity index (χ4v) is 3.86. The van der Waals surface area contributed by atoms with Gasteiger partial charge in [-0.2, -0.15) is 0 Å². The Labute approximate surface area is 177 Å². The number of amides is 1. The predicted octanol–water partition coefficient (Wildman–Crippen LogP) is 4.69. The number of anilines is 2. The van der Waals surface area contributed by atoms with E-state index in [9.17, 15) is 4.79 Å². The smallest absolute Gasteiger partial charge is 0.227 e. The van der Waals surface area contributed by atoms with Crippen molar-refractivity contribution in [2.24, 2.45) is 0 Å². The predicted molar refractivity (Wildman–Crippen MR) is 119 cm³/mol. The average molecular weight is 402 g/mol. The minimum atomic E-state index is 0.0886. The van der Waals surface area contributed by atoms with Crippen LogP contribution in [0.3, 0.4) is 0 Å². The van der Waals surface area contributed by atoms with Gasteiger partial charge in [0, 0.05) is 30.3 Å². The molecule has 0 unspecified atom stereocenters. The van der Waals surface area contributed by atoms with Gasteiger partial charge in [-0.1, -0.05) is 36.4 Å². The van der Waals surface area contributed by atoms with Gasteiger partial charge in [0.2, 0.25) is 5.91 Å². The number of nitrogens with zero attached hydrogens (tertiary/aromatic N) is 1. The lowest BCUT2D eigenvalue weighted by Gasteiger charge is -2.18. The second kappa shape index (κ2) is 8.49. The number of nitrogen functional groups attached to an aromatic ring is 1. The fourth-order valence-electron chi connectivity index (χ4n) is 3.86. The third-order valence-corrected chi connectivity index (χ3v) is 5.61. The lowest BCUT2D eigenvalue weighted by atomic mass is 9.98. The van der Waals surface area contributed by atoms with Crippen LogP contribution in [0.4, 0.5) is 11.4 Å². The van der Waals surface area contributed by atoms with Crippen molar-refractivity contribution in [1.29, 1.82) is 0 Å². The third kappa shape index (κ3) is 4.10. The molecule has 2 N–H and O–H groups in total. The number of ether oxygens (including phenoxy) is 2. The molecule has 4 rings (SSSR count). The number of hydrogen-bond donors (Lipinski definition) is 1. The van der Waals surface area contributed by atoms with Gasteiger partial charge in [0.15, 0.2) is 11.5 Å². The summed E-state index contributed by atoms with van der Waals surface area (Å²) in [7, 11) is 1.64. The monoisotopic (exact) mass is 402 g/mol. The first-order valence-electron chi connectivity index (χ1n) is 10.1. The summed E-state index contributed by atoms with van der Waals surface area (Å²) in [4.78, 5) is 14.5. The molecule has 5 heteroatoms. The van der Waals surface area contributed by atoms with Crippen LogP contribution in [0.25, 0.3) is 0 Å². The largest absolute Gasteiger partial charge is 0.493 e. The van der Waals surface area contributed by atoms with Crippen molar-refractivity contribution in [1.82, 2.24) is 0 Å². The highest BCUT2D eigenvalue weighted by Gasteiger charge is 2.32. The van der Waals surface area contributed by atoms with E-state index in [1.807, 2.05) is 54.6 Å². The second-order valence-electron chi connectivity index (χ2n) is 7.63. The van der Waals surface area contributed by atoms with Gasteiger partial charge >= 0.3 is 0 Å². The van der Waals surface area contributed by atoms with Crippen molar-refractivity contribution in [2.45, 2.75) is 25.9 Å². The summed E-state index contributed by atoms with van der Waals surface area (Å²) in [5, 5.41) is 0. The zero-order valence-electron chi connectivity index (χ0n) is 17.3. The highest BCUT2D eigenvalue weighted by molar-refractivity contribution is 5.96. The number of rotatable bonds is 6. The van der Waals surface area contributed by atoms with Gasteiger partial charge in [-0.15, -0.1) is 0 Å². The SMILES string of the molecule is COc1ccc([C@H]2CC(=O)N(c3cccc(N)c3)C2)cc1OCc1ccccc1C. The van der Waals surface area contributed by atoms with E-state index < -0.39 is 0 Å². The first kappa shape index (κ1) is 19.8. The zero-order valence-corrected chi connectivity index (χ0v) is 17.3. The van der Waals surface area contributed by atoms with Crippen LogP contribution in [0.5, 0.6) is 11.5 Å². The van der Waals surface area contributed by atoms with E-state index in [1.165, 1.54) is 5.56 Å². The van der Waals surface area contributed by atoms with Gasteiger partial charge in [-0.25, -0.2) is 0 Å². The normalized spacial score (nSPS) is 16.0. The van der Waals surface area contributed by atoms with Crippen LogP contribution in [-0.4, -0.2) is 19.6 Å². The molecule has 30 heavy (non-hydrogen) atoms. The molecule has 1 aliphatic rings. The Morgan fingerprint density at radius 3 is 2.63 bits per heavy atom. The molecule has 0 radical (unpaired) electrons. The highest BCUT2D eigenvalue weighted by atomic mass is 16.5. The van der Waals surface area contributed by atoms with Crippen molar-refractivity contribution < 1.29 is 14.3 Å². The summed E-state index contributed by atoms with van der Waals surface area (Å²) in [5.74, 6) is 1.56. The number of aryl methyl sites for hydroxylation is 1. The van der Waals surface area contributed by atoms with Crippen molar-refractivity contribution >= 4 is 17.3 Å². The van der Waals surface area contributed by atoms with Crippen LogP contribution in [0.15, 0.2) is 66.7 Å². The van der Waals surface area contributed by atoms with Crippen LogP contribution in [0.2, 0.25) is 0 Å². The lowest BCUT2D eigenvalue weighted by Crippen LogP contribution is -2.24. The molecule has 0 aliphatic carbocycles. The molecule has 1 heterocycles. The molecule has 1 aliphatic heterocycles. The Bertz CT molecular complexity index is 1060. The number of nitrogens with two attached hydrogens (primary N) is 1. The van der Waals surface area contributed by atoms with Gasteiger partial charge in [0.1, 0.15) is 6.61 Å². The molecule has 0 bridgehead atoms. The summed E-state index contributed by atoms with van der Waals surface area (Å²) in [6.45, 7) is 3.15. The second-order valence-corrected chi connectivity index (χ2v) is 7.63. The minimum Gasteiger partial charge on any atom is -0.493 e. The van der Waals surface area contributed by atoms with Gasteiger partial charge < -0.3 is 20.1 Å². The topological polar surface area (TPSA) is 64.8 Å². The van der Waals surface area contributed by atoms with Gasteiger partial charge in [-0.3, -0.25) is 4.79 Å². The van der Waals surface area contributed by atoms with Crippen LogP contribution in [0.1, 0.15) is 29.0 Å². The quantitative estimate of drug-likeness (QED) is 0.608. The molecular formula is C25H26N2O3. The van der Waals surface area contributed by atoms with Crippen LogP contribution >= 0.6 is 0 Å². The molecule has 1 fully saturated rings. The summed E-state index contributed by atoms with van der Waals surface area (Å²) in [6, 6.07) is 21.5. The van der Waals surface area contributed by atoms with E-state index in [1.54, 1.807) is 12.0 Å². The van der Waals surface area contributed by atoms with Crippen LogP contribution < -0.4 is 20.1 Å². The Kier molecular flexibility index (Phi) is 5.61. The van der Waals surface area contributed by atoms with Gasteiger partial charge in [0.25, 0.3) is 0 Å². The highest BCUT2D eigenvalue weighted by Crippen LogP contribution is 2.37. The van der Waals surface area contributed by atoms with Crippen molar-refractivity contribution in [3.8, 4) is 11.5 Å². The molecule has 5 nitrogen and oxygen atoms in total. The first-order valence-corrected chi connectivity index (χ1v) is 10.1. The molecule has 154 valence electrons. The maximum absolute atomic E-state index is 12.7. The number of hydrogen-bond acceptors (Lipinski definition) is 4. The fraction of sp³-hybridized carbons (Fsp3) is 0.240. The lowest BCUT2D eigenvalue weighted by molar-refractivity contribution is -0.117. The zero-order chi connectivity index (χ0) is 21.1. The van der Waals surface area contributed by atoms with E-state index in [0.717, 1.165) is 16.8 Å². The molecule has 0 spiro atoms. The summed E-state index contributed by atoms with van der Waals surface area (Å²) >= 11 is 0. The first-order chi connectivity index (χ1) is 14.5.